The van der Waals surface area contributed by atoms with Gasteiger partial charge in [0.15, 0.2) is 0 Å². The van der Waals surface area contributed by atoms with E-state index in [1.54, 1.807) is 18.2 Å². The molecule has 2 heterocycles. The zero-order chi connectivity index (χ0) is 19.9. The highest BCUT2D eigenvalue weighted by Gasteiger charge is 2.19. The number of halogens is 2. The highest BCUT2D eigenvalue weighted by Crippen LogP contribution is 2.39. The maximum Gasteiger partial charge on any atom is 0.261 e. The molecular formula is C20H14BrClN2O2S2. The summed E-state index contributed by atoms with van der Waals surface area (Å²) in [5.74, 6) is 0. The van der Waals surface area contributed by atoms with Crippen LogP contribution in [0.4, 0.5) is 5.69 Å². The molecule has 0 aliphatic rings. The highest BCUT2D eigenvalue weighted by atomic mass is 79.9. The van der Waals surface area contributed by atoms with Gasteiger partial charge in [-0.2, -0.15) is 0 Å². The van der Waals surface area contributed by atoms with Crippen LogP contribution in [0, 0.1) is 6.92 Å². The van der Waals surface area contributed by atoms with Crippen molar-refractivity contribution in [2.45, 2.75) is 11.8 Å². The average molecular weight is 494 g/mol. The minimum absolute atomic E-state index is 0.113. The second-order valence-electron chi connectivity index (χ2n) is 6.21. The van der Waals surface area contributed by atoms with E-state index in [0.29, 0.717) is 10.7 Å². The fourth-order valence-corrected chi connectivity index (χ4v) is 5.73. The fraction of sp³-hybridized carbons (Fsp3) is 0.0500. The Morgan fingerprint density at radius 1 is 1.11 bits per heavy atom. The topological polar surface area (TPSA) is 59.1 Å². The maximum atomic E-state index is 12.9. The SMILES string of the molecule is Cc1cc(NS(=O)(=O)c2cccc(Cl)c2)c2c(-c3cccc(Br)c3)csc2n1. The lowest BCUT2D eigenvalue weighted by molar-refractivity contribution is 0.601. The van der Waals surface area contributed by atoms with Crippen molar-refractivity contribution >= 4 is 64.8 Å². The van der Waals surface area contributed by atoms with Gasteiger partial charge in [-0.15, -0.1) is 11.3 Å². The molecule has 0 aliphatic heterocycles. The largest absolute Gasteiger partial charge is 0.279 e. The normalized spacial score (nSPS) is 11.7. The van der Waals surface area contributed by atoms with Crippen LogP contribution in [-0.2, 0) is 10.0 Å². The third kappa shape index (κ3) is 3.80. The Morgan fingerprint density at radius 3 is 2.64 bits per heavy atom. The van der Waals surface area contributed by atoms with Crippen LogP contribution >= 0.6 is 38.9 Å². The maximum absolute atomic E-state index is 12.9. The lowest BCUT2D eigenvalue weighted by Crippen LogP contribution is -2.13. The molecule has 0 spiro atoms. The summed E-state index contributed by atoms with van der Waals surface area (Å²) in [6.07, 6.45) is 0. The number of thiophene rings is 1. The summed E-state index contributed by atoms with van der Waals surface area (Å²) in [4.78, 5) is 5.46. The van der Waals surface area contributed by atoms with E-state index in [-0.39, 0.29) is 4.90 Å². The highest BCUT2D eigenvalue weighted by molar-refractivity contribution is 9.10. The molecule has 0 aliphatic carbocycles. The summed E-state index contributed by atoms with van der Waals surface area (Å²) in [6, 6.07) is 15.8. The number of benzene rings is 2. The second kappa shape index (κ2) is 7.48. The van der Waals surface area contributed by atoms with Crippen molar-refractivity contribution < 1.29 is 8.42 Å². The minimum Gasteiger partial charge on any atom is -0.279 e. The van der Waals surface area contributed by atoms with E-state index in [0.717, 1.165) is 31.5 Å². The Kier molecular flexibility index (Phi) is 5.18. The van der Waals surface area contributed by atoms with Crippen molar-refractivity contribution in [2.24, 2.45) is 0 Å². The number of aryl methyl sites for hydroxylation is 1. The van der Waals surface area contributed by atoms with Gasteiger partial charge in [0.25, 0.3) is 10.0 Å². The van der Waals surface area contributed by atoms with Gasteiger partial charge < -0.3 is 0 Å². The van der Waals surface area contributed by atoms with Crippen LogP contribution in [0.3, 0.4) is 0 Å². The number of pyridine rings is 1. The molecule has 2 aromatic heterocycles. The monoisotopic (exact) mass is 492 g/mol. The number of hydrogen-bond donors (Lipinski definition) is 1. The van der Waals surface area contributed by atoms with E-state index >= 15 is 0 Å². The number of aromatic nitrogens is 1. The summed E-state index contributed by atoms with van der Waals surface area (Å²) < 4.78 is 29.6. The van der Waals surface area contributed by atoms with Crippen LogP contribution in [-0.4, -0.2) is 13.4 Å². The van der Waals surface area contributed by atoms with Gasteiger partial charge in [-0.05, 0) is 48.9 Å². The molecule has 142 valence electrons. The zero-order valence-electron chi connectivity index (χ0n) is 14.6. The quantitative estimate of drug-likeness (QED) is 0.353. The molecule has 0 saturated carbocycles. The minimum atomic E-state index is -3.80. The first-order valence-electron chi connectivity index (χ1n) is 8.27. The average Bonchev–Trinajstić information content (AvgIpc) is 3.05. The molecule has 4 aromatic rings. The Labute approximate surface area is 180 Å². The van der Waals surface area contributed by atoms with Gasteiger partial charge in [-0.1, -0.05) is 45.7 Å². The molecule has 0 bridgehead atoms. The third-order valence-corrected chi connectivity index (χ3v) is 7.12. The molecule has 0 unspecified atom stereocenters. The van der Waals surface area contributed by atoms with E-state index < -0.39 is 10.0 Å². The van der Waals surface area contributed by atoms with Gasteiger partial charge >= 0.3 is 0 Å². The van der Waals surface area contributed by atoms with Crippen LogP contribution in [0.15, 0.2) is 69.3 Å². The molecule has 2 aromatic carbocycles. The number of fused-ring (bicyclic) bond motifs is 1. The predicted octanol–water partition coefficient (Wildman–Crippen LogP) is 6.49. The standard InChI is InChI=1S/C20H14BrClN2O2S2/c1-12-8-18(24-28(25,26)16-7-3-6-15(22)10-16)19-17(11-27-20(19)23-12)13-4-2-5-14(21)9-13/h2-11H,1H3,(H,23,24). The number of nitrogens with zero attached hydrogens (tertiary/aromatic N) is 1. The van der Waals surface area contributed by atoms with Crippen LogP contribution < -0.4 is 4.72 Å². The summed E-state index contributed by atoms with van der Waals surface area (Å²) >= 11 is 10.9. The van der Waals surface area contributed by atoms with Gasteiger partial charge in [-0.3, -0.25) is 4.72 Å². The van der Waals surface area contributed by atoms with Gasteiger partial charge in [0.2, 0.25) is 0 Å². The van der Waals surface area contributed by atoms with Gasteiger partial charge in [0.1, 0.15) is 4.83 Å². The Balaban J connectivity index is 1.88. The first-order valence-corrected chi connectivity index (χ1v) is 11.8. The third-order valence-electron chi connectivity index (χ3n) is 4.16. The fourth-order valence-electron chi connectivity index (χ4n) is 2.95. The summed E-state index contributed by atoms with van der Waals surface area (Å²) in [5, 5.41) is 3.14. The van der Waals surface area contributed by atoms with E-state index in [1.807, 2.05) is 36.6 Å². The van der Waals surface area contributed by atoms with Crippen molar-refractivity contribution in [3.63, 3.8) is 0 Å². The van der Waals surface area contributed by atoms with Crippen molar-refractivity contribution in [1.29, 1.82) is 0 Å². The first-order chi connectivity index (χ1) is 13.3. The van der Waals surface area contributed by atoms with E-state index in [1.165, 1.54) is 23.5 Å². The molecule has 1 N–H and O–H groups in total. The van der Waals surface area contributed by atoms with Crippen molar-refractivity contribution in [3.8, 4) is 11.1 Å². The Bertz CT molecular complexity index is 1300. The lowest BCUT2D eigenvalue weighted by atomic mass is 10.0. The Morgan fingerprint density at radius 2 is 1.89 bits per heavy atom. The molecule has 0 fully saturated rings. The molecular weight excluding hydrogens is 480 g/mol. The van der Waals surface area contributed by atoms with Crippen LogP contribution in [0.5, 0.6) is 0 Å². The van der Waals surface area contributed by atoms with E-state index in [4.69, 9.17) is 11.6 Å². The van der Waals surface area contributed by atoms with Crippen LogP contribution in [0.25, 0.3) is 21.3 Å². The molecule has 0 radical (unpaired) electrons. The number of hydrogen-bond acceptors (Lipinski definition) is 4. The molecule has 0 atom stereocenters. The number of sulfonamides is 1. The lowest BCUT2D eigenvalue weighted by Gasteiger charge is -2.12. The van der Waals surface area contributed by atoms with Crippen molar-refractivity contribution in [1.82, 2.24) is 4.98 Å². The molecule has 4 nitrogen and oxygen atoms in total. The van der Waals surface area contributed by atoms with Crippen LogP contribution in [0.1, 0.15) is 5.69 Å². The van der Waals surface area contributed by atoms with Crippen molar-refractivity contribution in [3.05, 3.63) is 75.2 Å². The predicted molar refractivity (Wildman–Crippen MR) is 120 cm³/mol. The number of anilines is 1. The van der Waals surface area contributed by atoms with E-state index in [2.05, 4.69) is 25.6 Å². The summed E-state index contributed by atoms with van der Waals surface area (Å²) in [7, 11) is -3.80. The van der Waals surface area contributed by atoms with Crippen LogP contribution in [0.2, 0.25) is 5.02 Å². The first kappa shape index (κ1) is 19.4. The zero-order valence-corrected chi connectivity index (χ0v) is 18.6. The second-order valence-corrected chi connectivity index (χ2v) is 10.1. The molecule has 0 saturated heterocycles. The molecule has 28 heavy (non-hydrogen) atoms. The number of rotatable bonds is 4. The Hall–Kier alpha value is -1.93. The molecule has 4 rings (SSSR count). The summed E-state index contributed by atoms with van der Waals surface area (Å²) in [6.45, 7) is 1.84. The summed E-state index contributed by atoms with van der Waals surface area (Å²) in [5.41, 5.74) is 3.14. The molecule has 8 heteroatoms. The smallest absolute Gasteiger partial charge is 0.261 e. The van der Waals surface area contributed by atoms with E-state index in [9.17, 15) is 8.42 Å². The van der Waals surface area contributed by atoms with Gasteiger partial charge in [-0.25, -0.2) is 13.4 Å². The molecule has 0 amide bonds. The van der Waals surface area contributed by atoms with Gasteiger partial charge in [0, 0.05) is 31.5 Å². The van der Waals surface area contributed by atoms with Gasteiger partial charge in [0.05, 0.1) is 10.6 Å². The van der Waals surface area contributed by atoms with Crippen molar-refractivity contribution in [2.75, 3.05) is 4.72 Å². The number of nitrogens with one attached hydrogen (secondary N) is 1.